The van der Waals surface area contributed by atoms with Gasteiger partial charge in [0, 0.05) is 13.1 Å². The van der Waals surface area contributed by atoms with Crippen molar-refractivity contribution in [1.82, 2.24) is 10.3 Å². The van der Waals surface area contributed by atoms with Crippen LogP contribution in [0.5, 0.6) is 0 Å². The Morgan fingerprint density at radius 3 is 2.32 bits per heavy atom. The maximum absolute atomic E-state index is 8.92. The topological polar surface area (TPSA) is 68.1 Å². The van der Waals surface area contributed by atoms with Gasteiger partial charge in [0.2, 0.25) is 0 Å². The molecule has 0 fully saturated rings. The van der Waals surface area contributed by atoms with Gasteiger partial charge < -0.3 is 15.1 Å². The third-order valence-electron chi connectivity index (χ3n) is 2.54. The van der Waals surface area contributed by atoms with Crippen LogP contribution in [0.25, 0.3) is 0 Å². The Labute approximate surface area is 118 Å². The van der Waals surface area contributed by atoms with Gasteiger partial charge in [-0.2, -0.15) is 5.10 Å². The van der Waals surface area contributed by atoms with Gasteiger partial charge in [-0.1, -0.05) is 30.3 Å². The molecule has 0 aliphatic carbocycles. The molecule has 0 aromatic heterocycles. The van der Waals surface area contributed by atoms with E-state index in [0.717, 1.165) is 11.3 Å². The van der Waals surface area contributed by atoms with E-state index >= 15 is 0 Å². The molecule has 1 aromatic carbocycles. The van der Waals surface area contributed by atoms with Crippen LogP contribution in [0.4, 0.5) is 0 Å². The molecule has 0 amide bonds. The van der Waals surface area contributed by atoms with E-state index in [1.54, 1.807) is 4.90 Å². The Kier molecular flexibility index (Phi) is 7.02. The largest absolute Gasteiger partial charge is 0.395 e. The standard InChI is InChI=1S/C13H19N3O2S/c1-11(12-5-3-2-4-6-12)14-15-13(19)16(7-9-17)8-10-18/h2-6,17-18H,7-10H2,1H3,(H,15,19). The van der Waals surface area contributed by atoms with E-state index in [4.69, 9.17) is 22.4 Å². The predicted molar refractivity (Wildman–Crippen MR) is 80.1 cm³/mol. The van der Waals surface area contributed by atoms with Crippen molar-refractivity contribution in [2.45, 2.75) is 6.92 Å². The summed E-state index contributed by atoms with van der Waals surface area (Å²) in [6.45, 7) is 2.57. The molecule has 0 radical (unpaired) electrons. The second kappa shape index (κ2) is 8.58. The van der Waals surface area contributed by atoms with Gasteiger partial charge in [-0.15, -0.1) is 0 Å². The summed E-state index contributed by atoms with van der Waals surface area (Å²) in [5.41, 5.74) is 4.60. The molecule has 0 atom stereocenters. The zero-order valence-corrected chi connectivity index (χ0v) is 11.7. The minimum absolute atomic E-state index is 0.0246. The van der Waals surface area contributed by atoms with Crippen LogP contribution in [0.2, 0.25) is 0 Å². The van der Waals surface area contributed by atoms with Gasteiger partial charge in [-0.05, 0) is 24.7 Å². The number of hydrazone groups is 1. The molecule has 1 aromatic rings. The first kappa shape index (κ1) is 15.6. The van der Waals surface area contributed by atoms with Crippen LogP contribution >= 0.6 is 12.2 Å². The zero-order valence-electron chi connectivity index (χ0n) is 10.9. The van der Waals surface area contributed by atoms with Crippen LogP contribution in [-0.2, 0) is 0 Å². The fourth-order valence-corrected chi connectivity index (χ4v) is 1.73. The van der Waals surface area contributed by atoms with E-state index in [-0.39, 0.29) is 13.2 Å². The first-order chi connectivity index (χ1) is 9.19. The predicted octanol–water partition coefficient (Wildman–Crippen LogP) is 0.572. The molecule has 5 nitrogen and oxygen atoms in total. The minimum Gasteiger partial charge on any atom is -0.395 e. The molecule has 0 bridgehead atoms. The number of benzene rings is 1. The average molecular weight is 281 g/mol. The third-order valence-corrected chi connectivity index (χ3v) is 2.89. The SMILES string of the molecule is CC(=NNC(=S)N(CCO)CCO)c1ccccc1. The summed E-state index contributed by atoms with van der Waals surface area (Å²) in [6, 6.07) is 9.75. The molecule has 0 aliphatic heterocycles. The van der Waals surface area contributed by atoms with Crippen molar-refractivity contribution in [1.29, 1.82) is 0 Å². The smallest absolute Gasteiger partial charge is 0.189 e. The fraction of sp³-hybridized carbons (Fsp3) is 0.385. The van der Waals surface area contributed by atoms with E-state index in [0.29, 0.717) is 18.2 Å². The summed E-state index contributed by atoms with van der Waals surface area (Å²) in [5.74, 6) is 0. The second-order valence-electron chi connectivity index (χ2n) is 3.91. The maximum atomic E-state index is 8.92. The molecule has 0 aliphatic rings. The average Bonchev–Trinajstić information content (AvgIpc) is 2.45. The normalized spacial score (nSPS) is 11.2. The van der Waals surface area contributed by atoms with Crippen LogP contribution in [0.3, 0.4) is 0 Å². The molecule has 0 heterocycles. The van der Waals surface area contributed by atoms with E-state index in [1.165, 1.54) is 0 Å². The number of aliphatic hydroxyl groups is 2. The highest BCUT2D eigenvalue weighted by Crippen LogP contribution is 2.00. The lowest BCUT2D eigenvalue weighted by Gasteiger charge is -2.22. The zero-order chi connectivity index (χ0) is 14.1. The minimum atomic E-state index is -0.0246. The number of nitrogens with zero attached hydrogens (tertiary/aromatic N) is 2. The Bertz CT molecular complexity index is 417. The van der Waals surface area contributed by atoms with E-state index < -0.39 is 0 Å². The van der Waals surface area contributed by atoms with Crippen molar-refractivity contribution in [2.24, 2.45) is 5.10 Å². The van der Waals surface area contributed by atoms with Gasteiger partial charge in [0.25, 0.3) is 0 Å². The van der Waals surface area contributed by atoms with E-state index in [9.17, 15) is 0 Å². The summed E-state index contributed by atoms with van der Waals surface area (Å²) >= 11 is 5.16. The molecular formula is C13H19N3O2S. The summed E-state index contributed by atoms with van der Waals surface area (Å²) in [7, 11) is 0. The first-order valence-corrected chi connectivity index (χ1v) is 6.46. The maximum Gasteiger partial charge on any atom is 0.189 e. The lowest BCUT2D eigenvalue weighted by molar-refractivity contribution is 0.211. The van der Waals surface area contributed by atoms with Gasteiger partial charge in [0.15, 0.2) is 5.11 Å². The highest BCUT2D eigenvalue weighted by Gasteiger charge is 2.07. The van der Waals surface area contributed by atoms with Gasteiger partial charge in [0.05, 0.1) is 18.9 Å². The van der Waals surface area contributed by atoms with Crippen LogP contribution < -0.4 is 5.43 Å². The number of hydrogen-bond donors (Lipinski definition) is 3. The Balaban J connectivity index is 2.61. The van der Waals surface area contributed by atoms with Crippen molar-refractivity contribution < 1.29 is 10.2 Å². The molecule has 3 N–H and O–H groups in total. The van der Waals surface area contributed by atoms with Crippen molar-refractivity contribution >= 4 is 23.0 Å². The molecule has 0 unspecified atom stereocenters. The Morgan fingerprint density at radius 1 is 1.21 bits per heavy atom. The molecule has 104 valence electrons. The molecule has 0 saturated heterocycles. The molecular weight excluding hydrogens is 262 g/mol. The van der Waals surface area contributed by atoms with Gasteiger partial charge in [0.1, 0.15) is 0 Å². The van der Waals surface area contributed by atoms with Crippen molar-refractivity contribution in [2.75, 3.05) is 26.3 Å². The third kappa shape index (κ3) is 5.34. The summed E-state index contributed by atoms with van der Waals surface area (Å²) in [4.78, 5) is 1.66. The van der Waals surface area contributed by atoms with E-state index in [1.807, 2.05) is 37.3 Å². The summed E-state index contributed by atoms with van der Waals surface area (Å²) in [6.07, 6.45) is 0. The number of aliphatic hydroxyl groups excluding tert-OH is 2. The van der Waals surface area contributed by atoms with Crippen LogP contribution in [0.15, 0.2) is 35.4 Å². The summed E-state index contributed by atoms with van der Waals surface area (Å²) in [5, 5.41) is 22.4. The van der Waals surface area contributed by atoms with Crippen molar-refractivity contribution in [3.8, 4) is 0 Å². The number of hydrogen-bond acceptors (Lipinski definition) is 4. The van der Waals surface area contributed by atoms with Crippen molar-refractivity contribution in [3.05, 3.63) is 35.9 Å². The van der Waals surface area contributed by atoms with Gasteiger partial charge in [-0.3, -0.25) is 5.43 Å². The highest BCUT2D eigenvalue weighted by molar-refractivity contribution is 7.80. The lowest BCUT2D eigenvalue weighted by atomic mass is 10.1. The van der Waals surface area contributed by atoms with Crippen LogP contribution in [-0.4, -0.2) is 52.2 Å². The van der Waals surface area contributed by atoms with E-state index in [2.05, 4.69) is 10.5 Å². The Morgan fingerprint density at radius 2 is 1.79 bits per heavy atom. The molecule has 1 rings (SSSR count). The Hall–Kier alpha value is -1.50. The monoisotopic (exact) mass is 281 g/mol. The molecule has 19 heavy (non-hydrogen) atoms. The van der Waals surface area contributed by atoms with Crippen LogP contribution in [0, 0.1) is 0 Å². The molecule has 6 heteroatoms. The fourth-order valence-electron chi connectivity index (χ4n) is 1.50. The second-order valence-corrected chi connectivity index (χ2v) is 4.30. The van der Waals surface area contributed by atoms with Gasteiger partial charge in [-0.25, -0.2) is 0 Å². The molecule has 0 saturated carbocycles. The highest BCUT2D eigenvalue weighted by atomic mass is 32.1. The number of thiocarbonyl (C=S) groups is 1. The first-order valence-electron chi connectivity index (χ1n) is 6.05. The molecule has 0 spiro atoms. The number of rotatable bonds is 6. The van der Waals surface area contributed by atoms with Gasteiger partial charge >= 0.3 is 0 Å². The summed E-state index contributed by atoms with van der Waals surface area (Å²) < 4.78 is 0. The lowest BCUT2D eigenvalue weighted by Crippen LogP contribution is -2.41. The van der Waals surface area contributed by atoms with Crippen molar-refractivity contribution in [3.63, 3.8) is 0 Å². The van der Waals surface area contributed by atoms with Crippen LogP contribution in [0.1, 0.15) is 12.5 Å². The number of nitrogens with one attached hydrogen (secondary N) is 1. The quantitative estimate of drug-likeness (QED) is 0.404.